The zero-order chi connectivity index (χ0) is 12.4. The van der Waals surface area contributed by atoms with Gasteiger partial charge in [0.25, 0.3) is 5.91 Å². The van der Waals surface area contributed by atoms with Crippen molar-refractivity contribution >= 4 is 34.6 Å². The molecule has 1 aromatic rings. The van der Waals surface area contributed by atoms with Gasteiger partial charge in [0, 0.05) is 25.9 Å². The second-order valence-corrected chi connectivity index (χ2v) is 5.28. The number of halogens is 1. The van der Waals surface area contributed by atoms with E-state index in [1.807, 2.05) is 12.3 Å². The van der Waals surface area contributed by atoms with Crippen LogP contribution in [0.1, 0.15) is 28.1 Å². The summed E-state index contributed by atoms with van der Waals surface area (Å²) in [6, 6.07) is 0. The number of thiophene rings is 1. The van der Waals surface area contributed by atoms with Crippen molar-refractivity contribution in [3.8, 4) is 0 Å². The predicted molar refractivity (Wildman–Crippen MR) is 68.4 cm³/mol. The Kier molecular flexibility index (Phi) is 3.69. The second kappa shape index (κ2) is 5.06. The summed E-state index contributed by atoms with van der Waals surface area (Å²) in [7, 11) is 0. The number of nitrogens with zero attached hydrogens (tertiary/aromatic N) is 2. The highest BCUT2D eigenvalue weighted by molar-refractivity contribution is 7.13. The van der Waals surface area contributed by atoms with Gasteiger partial charge in [0.05, 0.1) is 10.7 Å². The smallest absolute Gasteiger partial charge is 0.265 e. The first-order chi connectivity index (χ1) is 8.13. The normalized spacial score (nSPS) is 16.1. The van der Waals surface area contributed by atoms with Crippen LogP contribution in [0.15, 0.2) is 10.5 Å². The van der Waals surface area contributed by atoms with Crippen LogP contribution in [0.2, 0.25) is 5.02 Å². The molecular weight excluding hydrogens is 260 g/mol. The predicted octanol–water partition coefficient (Wildman–Crippen LogP) is 2.78. The van der Waals surface area contributed by atoms with Crippen LogP contribution in [0.4, 0.5) is 0 Å². The monoisotopic (exact) mass is 272 g/mol. The van der Waals surface area contributed by atoms with Gasteiger partial charge in [-0.2, -0.15) is 0 Å². The van der Waals surface area contributed by atoms with Crippen molar-refractivity contribution in [2.45, 2.75) is 19.8 Å². The molecule has 0 saturated carbocycles. The minimum Gasteiger partial charge on any atom is -0.411 e. The van der Waals surface area contributed by atoms with Gasteiger partial charge in [-0.3, -0.25) is 4.79 Å². The van der Waals surface area contributed by atoms with E-state index in [1.54, 1.807) is 4.90 Å². The molecule has 1 N–H and O–H groups in total. The molecule has 1 aliphatic heterocycles. The molecule has 0 spiro atoms. The first-order valence-corrected chi connectivity index (χ1v) is 6.62. The van der Waals surface area contributed by atoms with Crippen molar-refractivity contribution < 1.29 is 10.0 Å². The quantitative estimate of drug-likeness (QED) is 0.631. The third-order valence-corrected chi connectivity index (χ3v) is 4.55. The van der Waals surface area contributed by atoms with Gasteiger partial charge < -0.3 is 10.1 Å². The maximum atomic E-state index is 12.2. The van der Waals surface area contributed by atoms with Crippen molar-refractivity contribution in [2.24, 2.45) is 5.16 Å². The molecule has 0 aliphatic carbocycles. The molecule has 1 saturated heterocycles. The lowest BCUT2D eigenvalue weighted by atomic mass is 10.1. The Morgan fingerprint density at radius 2 is 2.18 bits per heavy atom. The van der Waals surface area contributed by atoms with E-state index in [9.17, 15) is 4.79 Å². The lowest BCUT2D eigenvalue weighted by Crippen LogP contribution is -2.38. The maximum absolute atomic E-state index is 12.2. The van der Waals surface area contributed by atoms with E-state index >= 15 is 0 Å². The average Bonchev–Trinajstić information content (AvgIpc) is 2.69. The molecule has 17 heavy (non-hydrogen) atoms. The number of aryl methyl sites for hydroxylation is 1. The molecule has 0 aromatic carbocycles. The van der Waals surface area contributed by atoms with Crippen LogP contribution in [0.3, 0.4) is 0 Å². The zero-order valence-electron chi connectivity index (χ0n) is 9.44. The van der Waals surface area contributed by atoms with Crippen LogP contribution >= 0.6 is 22.9 Å². The molecule has 92 valence electrons. The summed E-state index contributed by atoms with van der Waals surface area (Å²) in [5, 5.41) is 14.3. The van der Waals surface area contributed by atoms with E-state index in [4.69, 9.17) is 16.8 Å². The summed E-state index contributed by atoms with van der Waals surface area (Å²) in [4.78, 5) is 14.5. The number of rotatable bonds is 1. The third-order valence-electron chi connectivity index (χ3n) is 2.86. The summed E-state index contributed by atoms with van der Waals surface area (Å²) in [6.45, 7) is 3.07. The van der Waals surface area contributed by atoms with Crippen LogP contribution in [0.25, 0.3) is 0 Å². The fourth-order valence-corrected chi connectivity index (χ4v) is 3.03. The summed E-state index contributed by atoms with van der Waals surface area (Å²) < 4.78 is 0. The van der Waals surface area contributed by atoms with Gasteiger partial charge in [0.1, 0.15) is 4.88 Å². The largest absolute Gasteiger partial charge is 0.411 e. The number of carbonyl (C=O) groups excluding carboxylic acids is 1. The Morgan fingerprint density at radius 1 is 1.53 bits per heavy atom. The molecule has 0 radical (unpaired) electrons. The van der Waals surface area contributed by atoms with Crippen LogP contribution in [-0.2, 0) is 0 Å². The van der Waals surface area contributed by atoms with E-state index in [2.05, 4.69) is 5.16 Å². The first-order valence-electron chi connectivity index (χ1n) is 5.36. The number of hydrogen-bond donors (Lipinski definition) is 1. The number of piperidine rings is 1. The van der Waals surface area contributed by atoms with Crippen molar-refractivity contribution in [1.82, 2.24) is 4.90 Å². The summed E-state index contributed by atoms with van der Waals surface area (Å²) >= 11 is 7.46. The highest BCUT2D eigenvalue weighted by Crippen LogP contribution is 2.28. The molecule has 0 unspecified atom stereocenters. The number of likely N-dealkylation sites (tertiary alicyclic amines) is 1. The average molecular weight is 273 g/mol. The number of amides is 1. The number of oxime groups is 1. The van der Waals surface area contributed by atoms with E-state index in [0.717, 1.165) is 11.3 Å². The minimum atomic E-state index is -0.0231. The molecular formula is C11H13ClN2O2S. The highest BCUT2D eigenvalue weighted by atomic mass is 35.5. The molecule has 4 nitrogen and oxygen atoms in total. The van der Waals surface area contributed by atoms with Gasteiger partial charge in [0.15, 0.2) is 0 Å². The Labute approximate surface area is 108 Å². The van der Waals surface area contributed by atoms with E-state index < -0.39 is 0 Å². The lowest BCUT2D eigenvalue weighted by molar-refractivity contribution is 0.0758. The van der Waals surface area contributed by atoms with Gasteiger partial charge in [-0.25, -0.2) is 0 Å². The van der Waals surface area contributed by atoms with E-state index in [1.165, 1.54) is 11.3 Å². The highest BCUT2D eigenvalue weighted by Gasteiger charge is 2.24. The Balaban J connectivity index is 2.09. The van der Waals surface area contributed by atoms with Crippen molar-refractivity contribution in [1.29, 1.82) is 0 Å². The number of hydrogen-bond acceptors (Lipinski definition) is 4. The van der Waals surface area contributed by atoms with Gasteiger partial charge in [0.2, 0.25) is 0 Å². The number of carbonyl (C=O) groups is 1. The molecule has 2 heterocycles. The van der Waals surface area contributed by atoms with E-state index in [-0.39, 0.29) is 5.91 Å². The fraction of sp³-hybridized carbons (Fsp3) is 0.455. The molecule has 1 fully saturated rings. The Hall–Kier alpha value is -1.07. The molecule has 0 bridgehead atoms. The standard InChI is InChI=1S/C11H13ClN2O2S/c1-7-6-17-10(9(7)12)11(15)14-4-2-8(13-16)3-5-14/h6,16H,2-5H2,1H3. The van der Waals surface area contributed by atoms with Crippen LogP contribution < -0.4 is 0 Å². The van der Waals surface area contributed by atoms with Gasteiger partial charge in [-0.1, -0.05) is 16.8 Å². The fourth-order valence-electron chi connectivity index (χ4n) is 1.79. The molecule has 1 aromatic heterocycles. The summed E-state index contributed by atoms with van der Waals surface area (Å²) in [5.74, 6) is -0.0231. The molecule has 2 rings (SSSR count). The Morgan fingerprint density at radius 3 is 2.65 bits per heavy atom. The molecule has 6 heteroatoms. The van der Waals surface area contributed by atoms with Gasteiger partial charge in [-0.15, -0.1) is 11.3 Å². The topological polar surface area (TPSA) is 52.9 Å². The summed E-state index contributed by atoms with van der Waals surface area (Å²) in [6.07, 6.45) is 1.26. The second-order valence-electron chi connectivity index (χ2n) is 4.02. The van der Waals surface area contributed by atoms with Crippen molar-refractivity contribution in [2.75, 3.05) is 13.1 Å². The van der Waals surface area contributed by atoms with Crippen LogP contribution in [-0.4, -0.2) is 34.8 Å². The molecule has 1 aliphatic rings. The van der Waals surface area contributed by atoms with Crippen molar-refractivity contribution in [3.05, 3.63) is 20.8 Å². The maximum Gasteiger partial charge on any atom is 0.265 e. The lowest BCUT2D eigenvalue weighted by Gasteiger charge is -2.26. The molecule has 0 atom stereocenters. The van der Waals surface area contributed by atoms with Gasteiger partial charge in [-0.05, 0) is 17.9 Å². The minimum absolute atomic E-state index is 0.0231. The summed E-state index contributed by atoms with van der Waals surface area (Å²) in [5.41, 5.74) is 1.69. The third kappa shape index (κ3) is 2.45. The van der Waals surface area contributed by atoms with Crippen LogP contribution in [0, 0.1) is 6.92 Å². The Bertz CT molecular complexity index is 460. The van der Waals surface area contributed by atoms with Crippen LogP contribution in [0.5, 0.6) is 0 Å². The SMILES string of the molecule is Cc1csc(C(=O)N2CCC(=NO)CC2)c1Cl. The van der Waals surface area contributed by atoms with Gasteiger partial charge >= 0.3 is 0 Å². The zero-order valence-corrected chi connectivity index (χ0v) is 11.0. The van der Waals surface area contributed by atoms with E-state index in [0.29, 0.717) is 35.8 Å². The van der Waals surface area contributed by atoms with Crippen molar-refractivity contribution in [3.63, 3.8) is 0 Å². The first kappa shape index (κ1) is 12.4. The molecule has 1 amide bonds.